The lowest BCUT2D eigenvalue weighted by Gasteiger charge is -2.20. The molecule has 0 spiro atoms. The van der Waals surface area contributed by atoms with Crippen LogP contribution in [-0.2, 0) is 10.0 Å². The molecule has 0 unspecified atom stereocenters. The first-order chi connectivity index (χ1) is 9.52. The topological polar surface area (TPSA) is 57.6 Å². The van der Waals surface area contributed by atoms with E-state index in [1.807, 2.05) is 6.07 Å². The van der Waals surface area contributed by atoms with Gasteiger partial charge in [-0.25, -0.2) is 8.42 Å². The lowest BCUT2D eigenvalue weighted by molar-refractivity contribution is 0.257. The fraction of sp³-hybridized carbons (Fsp3) is 0.286. The normalized spacial score (nSPS) is 12.2. The molecule has 1 N–H and O–H groups in total. The smallest absolute Gasteiger partial charge is 0.243 e. The Bertz CT molecular complexity index is 715. The van der Waals surface area contributed by atoms with Crippen LogP contribution in [0.2, 0.25) is 5.02 Å². The largest absolute Gasteiger partial charge is 0.395 e. The number of aliphatic hydroxyl groups is 1. The van der Waals surface area contributed by atoms with E-state index >= 15 is 0 Å². The number of hydrogen-bond donors (Lipinski definition) is 1. The van der Waals surface area contributed by atoms with E-state index < -0.39 is 10.0 Å². The Hall–Kier alpha value is -1.14. The summed E-state index contributed by atoms with van der Waals surface area (Å²) < 4.78 is 26.6. The van der Waals surface area contributed by atoms with E-state index in [1.54, 1.807) is 31.2 Å². The van der Waals surface area contributed by atoms with E-state index in [-0.39, 0.29) is 18.0 Å². The highest BCUT2D eigenvalue weighted by atomic mass is 35.5. The number of aliphatic hydroxyl groups excluding tert-OH is 1. The summed E-state index contributed by atoms with van der Waals surface area (Å²) in [6, 6.07) is 10.2. The molecule has 0 amide bonds. The number of nitrogens with zero attached hydrogens (tertiary/aromatic N) is 1. The zero-order valence-electron chi connectivity index (χ0n) is 11.1. The van der Waals surface area contributed by atoms with Crippen LogP contribution in [0.5, 0.6) is 0 Å². The van der Waals surface area contributed by atoms with Crippen molar-refractivity contribution in [1.29, 1.82) is 0 Å². The number of likely N-dealkylation sites (N-methyl/N-ethyl adjacent to an activating group) is 1. The Balaban J connectivity index is 2.66. The molecule has 0 fully saturated rings. The van der Waals surface area contributed by atoms with Crippen LogP contribution >= 0.6 is 11.6 Å². The third-order valence-corrected chi connectivity index (χ3v) is 5.51. The summed E-state index contributed by atoms with van der Waals surface area (Å²) in [5, 5.41) is 10.8. The number of benzene rings is 2. The number of rotatable bonds is 5. The van der Waals surface area contributed by atoms with Crippen molar-refractivity contribution in [2.24, 2.45) is 0 Å². The second-order valence-corrected chi connectivity index (χ2v) is 6.62. The summed E-state index contributed by atoms with van der Waals surface area (Å²) in [5.41, 5.74) is 0. The van der Waals surface area contributed by atoms with Crippen LogP contribution < -0.4 is 0 Å². The molecule has 0 heterocycles. The van der Waals surface area contributed by atoms with Crippen LogP contribution in [0.3, 0.4) is 0 Å². The zero-order valence-corrected chi connectivity index (χ0v) is 12.7. The van der Waals surface area contributed by atoms with Crippen LogP contribution in [0.15, 0.2) is 41.3 Å². The minimum atomic E-state index is -3.64. The number of hydrogen-bond acceptors (Lipinski definition) is 3. The summed E-state index contributed by atoms with van der Waals surface area (Å²) in [4.78, 5) is 0.216. The van der Waals surface area contributed by atoms with Gasteiger partial charge in [-0.05, 0) is 12.1 Å². The molecule has 4 nitrogen and oxygen atoms in total. The van der Waals surface area contributed by atoms with Crippen LogP contribution in [0.1, 0.15) is 6.92 Å². The van der Waals surface area contributed by atoms with Gasteiger partial charge in [-0.2, -0.15) is 4.31 Å². The third kappa shape index (κ3) is 2.67. The Morgan fingerprint density at radius 3 is 2.40 bits per heavy atom. The van der Waals surface area contributed by atoms with Gasteiger partial charge < -0.3 is 5.11 Å². The molecule has 0 aliphatic heterocycles. The predicted octanol–water partition coefficient (Wildman–Crippen LogP) is 2.50. The highest BCUT2D eigenvalue weighted by Gasteiger charge is 2.24. The first-order valence-electron chi connectivity index (χ1n) is 6.30. The molecule has 0 aliphatic carbocycles. The maximum absolute atomic E-state index is 12.7. The minimum Gasteiger partial charge on any atom is -0.395 e. The van der Waals surface area contributed by atoms with Gasteiger partial charge in [0.25, 0.3) is 0 Å². The van der Waals surface area contributed by atoms with E-state index in [4.69, 9.17) is 16.7 Å². The second kappa shape index (κ2) is 6.10. The SMILES string of the molecule is CCN(CCO)S(=O)(=O)c1ccc(Cl)c2ccccc12. The summed E-state index contributed by atoms with van der Waals surface area (Å²) >= 11 is 6.11. The van der Waals surface area contributed by atoms with Gasteiger partial charge in [0, 0.05) is 28.9 Å². The Morgan fingerprint density at radius 2 is 1.80 bits per heavy atom. The highest BCUT2D eigenvalue weighted by molar-refractivity contribution is 7.89. The lowest BCUT2D eigenvalue weighted by Crippen LogP contribution is -2.33. The first-order valence-corrected chi connectivity index (χ1v) is 8.12. The number of halogens is 1. The molecule has 2 aromatic carbocycles. The lowest BCUT2D eigenvalue weighted by atomic mass is 10.1. The van der Waals surface area contributed by atoms with Gasteiger partial charge in [-0.15, -0.1) is 0 Å². The third-order valence-electron chi connectivity index (χ3n) is 3.15. The maximum atomic E-state index is 12.7. The van der Waals surface area contributed by atoms with Crippen molar-refractivity contribution in [3.8, 4) is 0 Å². The van der Waals surface area contributed by atoms with Crippen molar-refractivity contribution in [2.75, 3.05) is 19.7 Å². The summed E-state index contributed by atoms with van der Waals surface area (Å²) in [5.74, 6) is 0. The van der Waals surface area contributed by atoms with Gasteiger partial charge in [-0.3, -0.25) is 0 Å². The molecule has 0 bridgehead atoms. The standard InChI is InChI=1S/C14H16ClNO3S/c1-2-16(9-10-17)20(18,19)14-8-7-13(15)11-5-3-4-6-12(11)14/h3-8,17H,2,9-10H2,1H3. The van der Waals surface area contributed by atoms with Gasteiger partial charge in [0.1, 0.15) is 0 Å². The van der Waals surface area contributed by atoms with Crippen molar-refractivity contribution < 1.29 is 13.5 Å². The second-order valence-electron chi connectivity index (χ2n) is 4.31. The van der Waals surface area contributed by atoms with Crippen molar-refractivity contribution in [1.82, 2.24) is 4.31 Å². The average molecular weight is 314 g/mol. The van der Waals surface area contributed by atoms with Gasteiger partial charge in [0.15, 0.2) is 0 Å². The quantitative estimate of drug-likeness (QED) is 0.922. The monoisotopic (exact) mass is 313 g/mol. The summed E-state index contributed by atoms with van der Waals surface area (Å²) in [6.07, 6.45) is 0. The van der Waals surface area contributed by atoms with E-state index in [1.165, 1.54) is 10.4 Å². The molecule has 0 aromatic heterocycles. The number of fused-ring (bicyclic) bond motifs is 1. The fourth-order valence-electron chi connectivity index (χ4n) is 2.16. The average Bonchev–Trinajstić information content (AvgIpc) is 2.45. The minimum absolute atomic E-state index is 0.0792. The van der Waals surface area contributed by atoms with E-state index in [0.29, 0.717) is 22.3 Å². The van der Waals surface area contributed by atoms with Crippen molar-refractivity contribution in [3.05, 3.63) is 41.4 Å². The summed E-state index contributed by atoms with van der Waals surface area (Å²) in [7, 11) is -3.64. The van der Waals surface area contributed by atoms with E-state index in [9.17, 15) is 8.42 Å². The maximum Gasteiger partial charge on any atom is 0.243 e. The molecule has 2 rings (SSSR count). The van der Waals surface area contributed by atoms with Crippen LogP contribution in [0.25, 0.3) is 10.8 Å². The molecule has 0 radical (unpaired) electrons. The summed E-state index contributed by atoms with van der Waals surface area (Å²) in [6.45, 7) is 1.92. The van der Waals surface area contributed by atoms with Crippen molar-refractivity contribution in [3.63, 3.8) is 0 Å². The molecular formula is C14H16ClNO3S. The van der Waals surface area contributed by atoms with Gasteiger partial charge in [0.05, 0.1) is 11.5 Å². The van der Waals surface area contributed by atoms with Crippen molar-refractivity contribution in [2.45, 2.75) is 11.8 Å². The van der Waals surface area contributed by atoms with Gasteiger partial charge >= 0.3 is 0 Å². The van der Waals surface area contributed by atoms with E-state index in [2.05, 4.69) is 0 Å². The van der Waals surface area contributed by atoms with E-state index in [0.717, 1.165) is 0 Å². The Morgan fingerprint density at radius 1 is 1.15 bits per heavy atom. The Labute approximate surface area is 123 Å². The Kier molecular flexibility index (Phi) is 4.65. The van der Waals surface area contributed by atoms with Crippen LogP contribution in [-0.4, -0.2) is 37.5 Å². The van der Waals surface area contributed by atoms with Crippen LogP contribution in [0, 0.1) is 0 Å². The molecule has 20 heavy (non-hydrogen) atoms. The van der Waals surface area contributed by atoms with Crippen LogP contribution in [0.4, 0.5) is 0 Å². The predicted molar refractivity (Wildman–Crippen MR) is 80.5 cm³/mol. The molecule has 0 atom stereocenters. The van der Waals surface area contributed by atoms with Gasteiger partial charge in [0.2, 0.25) is 10.0 Å². The van der Waals surface area contributed by atoms with Gasteiger partial charge in [-0.1, -0.05) is 42.8 Å². The molecule has 2 aromatic rings. The first kappa shape index (κ1) is 15.3. The molecule has 0 saturated carbocycles. The molecular weight excluding hydrogens is 298 g/mol. The highest BCUT2D eigenvalue weighted by Crippen LogP contribution is 2.30. The zero-order chi connectivity index (χ0) is 14.8. The molecule has 0 aliphatic rings. The molecule has 108 valence electrons. The molecule has 6 heteroatoms. The fourth-order valence-corrected chi connectivity index (χ4v) is 4.02. The molecule has 0 saturated heterocycles. The number of sulfonamides is 1. The van der Waals surface area contributed by atoms with Crippen molar-refractivity contribution >= 4 is 32.4 Å².